The summed E-state index contributed by atoms with van der Waals surface area (Å²) in [6.45, 7) is 3.24. The first-order chi connectivity index (χ1) is 13.3. The summed E-state index contributed by atoms with van der Waals surface area (Å²) >= 11 is 0. The van der Waals surface area contributed by atoms with Gasteiger partial charge in [0.05, 0.1) is 12.0 Å². The average molecular weight is 383 g/mol. The molecule has 146 valence electrons. The van der Waals surface area contributed by atoms with E-state index in [9.17, 15) is 23.9 Å². The lowest BCUT2D eigenvalue weighted by Crippen LogP contribution is -2.52. The Bertz CT molecular complexity index is 877. The SMILES string of the molecule is CC(C)[C@@H](NC(=O)/C(=C\c1ccc(F)cc1)NC(=O)c1ccccc1)C(=O)[O-]. The lowest BCUT2D eigenvalue weighted by Gasteiger charge is -2.24. The minimum Gasteiger partial charge on any atom is -0.548 e. The Balaban J connectivity index is 2.32. The van der Waals surface area contributed by atoms with E-state index in [0.717, 1.165) is 0 Å². The van der Waals surface area contributed by atoms with Crippen molar-refractivity contribution in [3.8, 4) is 0 Å². The van der Waals surface area contributed by atoms with Crippen LogP contribution in [0.4, 0.5) is 4.39 Å². The van der Waals surface area contributed by atoms with Crippen LogP contribution in [0.5, 0.6) is 0 Å². The van der Waals surface area contributed by atoms with Gasteiger partial charge in [0.15, 0.2) is 0 Å². The first-order valence-corrected chi connectivity index (χ1v) is 8.63. The molecule has 0 bridgehead atoms. The lowest BCUT2D eigenvalue weighted by atomic mass is 10.0. The van der Waals surface area contributed by atoms with E-state index in [-0.39, 0.29) is 5.70 Å². The summed E-state index contributed by atoms with van der Waals surface area (Å²) in [4.78, 5) is 36.3. The number of carbonyl (C=O) groups is 3. The van der Waals surface area contributed by atoms with Crippen molar-refractivity contribution < 1.29 is 23.9 Å². The van der Waals surface area contributed by atoms with Crippen molar-refractivity contribution in [1.82, 2.24) is 10.6 Å². The third-order valence-electron chi connectivity index (χ3n) is 3.92. The first-order valence-electron chi connectivity index (χ1n) is 8.63. The Morgan fingerprint density at radius 2 is 1.61 bits per heavy atom. The summed E-state index contributed by atoms with van der Waals surface area (Å²) in [5.41, 5.74) is 0.599. The monoisotopic (exact) mass is 383 g/mol. The quantitative estimate of drug-likeness (QED) is 0.708. The van der Waals surface area contributed by atoms with Gasteiger partial charge in [-0.15, -0.1) is 0 Å². The summed E-state index contributed by atoms with van der Waals surface area (Å²) in [7, 11) is 0. The maximum absolute atomic E-state index is 13.1. The number of carbonyl (C=O) groups excluding carboxylic acids is 3. The molecule has 2 aromatic carbocycles. The fourth-order valence-electron chi connectivity index (χ4n) is 2.38. The van der Waals surface area contributed by atoms with Crippen LogP contribution in [-0.2, 0) is 9.59 Å². The molecule has 0 unspecified atom stereocenters. The van der Waals surface area contributed by atoms with E-state index in [2.05, 4.69) is 10.6 Å². The van der Waals surface area contributed by atoms with E-state index in [1.807, 2.05) is 0 Å². The number of carboxylic acid groups (broad SMARTS) is 1. The van der Waals surface area contributed by atoms with Gasteiger partial charge in [-0.3, -0.25) is 9.59 Å². The molecular weight excluding hydrogens is 363 g/mol. The number of rotatable bonds is 7. The molecule has 0 fully saturated rings. The predicted octanol–water partition coefficient (Wildman–Crippen LogP) is 1.49. The smallest absolute Gasteiger partial charge is 0.268 e. The summed E-state index contributed by atoms with van der Waals surface area (Å²) in [6.07, 6.45) is 1.34. The third-order valence-corrected chi connectivity index (χ3v) is 3.92. The van der Waals surface area contributed by atoms with Crippen LogP contribution in [0.25, 0.3) is 6.08 Å². The van der Waals surface area contributed by atoms with Crippen molar-refractivity contribution in [2.24, 2.45) is 5.92 Å². The van der Waals surface area contributed by atoms with Crippen LogP contribution < -0.4 is 15.7 Å². The topological polar surface area (TPSA) is 98.3 Å². The summed E-state index contributed by atoms with van der Waals surface area (Å²) in [5.74, 6) is -3.65. The number of halogens is 1. The van der Waals surface area contributed by atoms with Crippen LogP contribution in [0.1, 0.15) is 29.8 Å². The molecule has 2 rings (SSSR count). The molecule has 0 aliphatic rings. The van der Waals surface area contributed by atoms with Crippen LogP contribution in [0.2, 0.25) is 0 Å². The zero-order valence-electron chi connectivity index (χ0n) is 15.4. The van der Waals surface area contributed by atoms with Crippen molar-refractivity contribution in [3.05, 3.63) is 77.2 Å². The second kappa shape index (κ2) is 9.45. The van der Waals surface area contributed by atoms with Crippen molar-refractivity contribution >= 4 is 23.9 Å². The van der Waals surface area contributed by atoms with Gasteiger partial charge in [0, 0.05) is 5.56 Å². The molecule has 0 saturated heterocycles. The molecule has 0 spiro atoms. The molecule has 1 atom stereocenters. The minimum atomic E-state index is -1.43. The van der Waals surface area contributed by atoms with Crippen molar-refractivity contribution in [2.75, 3.05) is 0 Å². The van der Waals surface area contributed by atoms with Gasteiger partial charge in [0.2, 0.25) is 0 Å². The molecule has 0 radical (unpaired) electrons. The fraction of sp³-hybridized carbons (Fsp3) is 0.190. The number of amides is 2. The second-order valence-corrected chi connectivity index (χ2v) is 6.44. The highest BCUT2D eigenvalue weighted by atomic mass is 19.1. The molecule has 2 aromatic rings. The number of nitrogens with one attached hydrogen (secondary N) is 2. The first kappa shape index (κ1) is 20.8. The van der Waals surface area contributed by atoms with Gasteiger partial charge in [-0.2, -0.15) is 0 Å². The van der Waals surface area contributed by atoms with Crippen molar-refractivity contribution in [2.45, 2.75) is 19.9 Å². The molecule has 0 aliphatic carbocycles. The summed E-state index contributed by atoms with van der Waals surface area (Å²) in [5, 5.41) is 16.1. The van der Waals surface area contributed by atoms with Crippen LogP contribution in [0.15, 0.2) is 60.3 Å². The van der Waals surface area contributed by atoms with Gasteiger partial charge in [0.25, 0.3) is 11.8 Å². The van der Waals surface area contributed by atoms with E-state index < -0.39 is 35.6 Å². The molecule has 7 heteroatoms. The Hall–Kier alpha value is -3.48. The van der Waals surface area contributed by atoms with Crippen LogP contribution in [0, 0.1) is 11.7 Å². The second-order valence-electron chi connectivity index (χ2n) is 6.44. The van der Waals surface area contributed by atoms with Gasteiger partial charge in [-0.05, 0) is 41.8 Å². The average Bonchev–Trinajstić information content (AvgIpc) is 2.67. The Morgan fingerprint density at radius 1 is 1.00 bits per heavy atom. The van der Waals surface area contributed by atoms with Gasteiger partial charge in [0.1, 0.15) is 11.5 Å². The number of benzene rings is 2. The summed E-state index contributed by atoms with van der Waals surface area (Å²) < 4.78 is 13.1. The van der Waals surface area contributed by atoms with Gasteiger partial charge >= 0.3 is 0 Å². The minimum absolute atomic E-state index is 0.174. The highest BCUT2D eigenvalue weighted by Gasteiger charge is 2.21. The van der Waals surface area contributed by atoms with Gasteiger partial charge in [-0.25, -0.2) is 4.39 Å². The maximum atomic E-state index is 13.1. The van der Waals surface area contributed by atoms with Gasteiger partial charge in [-0.1, -0.05) is 44.2 Å². The highest BCUT2D eigenvalue weighted by Crippen LogP contribution is 2.10. The van der Waals surface area contributed by atoms with Crippen molar-refractivity contribution in [1.29, 1.82) is 0 Å². The van der Waals surface area contributed by atoms with Gasteiger partial charge < -0.3 is 20.5 Å². The Labute approximate surface area is 162 Å². The Morgan fingerprint density at radius 3 is 2.14 bits per heavy atom. The standard InChI is InChI=1S/C21H21FN2O4/c1-13(2)18(21(27)28)24-20(26)17(12-14-8-10-16(22)11-9-14)23-19(25)15-6-4-3-5-7-15/h3-13,18H,1-2H3,(H,23,25)(H,24,26)(H,27,28)/p-1/b17-12+/t18-/m1/s1. The molecule has 28 heavy (non-hydrogen) atoms. The van der Waals surface area contributed by atoms with E-state index in [4.69, 9.17) is 0 Å². The molecular formula is C21H20FN2O4-. The highest BCUT2D eigenvalue weighted by molar-refractivity contribution is 6.06. The molecule has 0 heterocycles. The Kier molecular flexibility index (Phi) is 7.03. The van der Waals surface area contributed by atoms with Crippen LogP contribution in [0.3, 0.4) is 0 Å². The zero-order chi connectivity index (χ0) is 20.7. The van der Waals surface area contributed by atoms with Crippen molar-refractivity contribution in [3.63, 3.8) is 0 Å². The third kappa shape index (κ3) is 5.77. The van der Waals surface area contributed by atoms with E-state index in [0.29, 0.717) is 11.1 Å². The van der Waals surface area contributed by atoms with E-state index in [1.165, 1.54) is 30.3 Å². The number of hydrogen-bond acceptors (Lipinski definition) is 4. The molecule has 2 N–H and O–H groups in total. The largest absolute Gasteiger partial charge is 0.548 e. The summed E-state index contributed by atoms with van der Waals surface area (Å²) in [6, 6.07) is 12.3. The van der Waals surface area contributed by atoms with E-state index >= 15 is 0 Å². The number of hydrogen-bond donors (Lipinski definition) is 2. The lowest BCUT2D eigenvalue weighted by molar-refractivity contribution is -0.309. The zero-order valence-corrected chi connectivity index (χ0v) is 15.4. The maximum Gasteiger partial charge on any atom is 0.268 e. The molecule has 0 saturated carbocycles. The normalized spacial score (nSPS) is 12.4. The number of carboxylic acids is 1. The van der Waals surface area contributed by atoms with E-state index in [1.54, 1.807) is 44.2 Å². The number of aliphatic carboxylic acids is 1. The predicted molar refractivity (Wildman–Crippen MR) is 100 cm³/mol. The fourth-order valence-corrected chi connectivity index (χ4v) is 2.38. The molecule has 6 nitrogen and oxygen atoms in total. The molecule has 0 aromatic heterocycles. The van der Waals surface area contributed by atoms with Crippen LogP contribution >= 0.6 is 0 Å². The molecule has 0 aliphatic heterocycles. The van der Waals surface area contributed by atoms with Crippen LogP contribution in [-0.4, -0.2) is 23.8 Å². The molecule has 2 amide bonds.